The second-order valence-corrected chi connectivity index (χ2v) is 8.42. The van der Waals surface area contributed by atoms with E-state index in [-0.39, 0.29) is 5.82 Å². The van der Waals surface area contributed by atoms with Crippen LogP contribution in [0.2, 0.25) is 10.0 Å². The van der Waals surface area contributed by atoms with Gasteiger partial charge in [-0.05, 0) is 31.2 Å². The number of rotatable bonds is 3. The van der Waals surface area contributed by atoms with E-state index in [1.165, 1.54) is 0 Å². The van der Waals surface area contributed by atoms with Gasteiger partial charge in [-0.2, -0.15) is 4.98 Å². The maximum absolute atomic E-state index is 6.25. The number of fused-ring (bicyclic) bond motifs is 1. The third kappa shape index (κ3) is 4.24. The molecule has 3 nitrogen and oxygen atoms in total. The highest BCUT2D eigenvalue weighted by Crippen LogP contribution is 2.39. The Labute approximate surface area is 169 Å². The molecule has 0 bridgehead atoms. The molecule has 0 saturated carbocycles. The molecule has 0 radical (unpaired) electrons. The van der Waals surface area contributed by atoms with E-state index in [4.69, 9.17) is 62.7 Å². The molecule has 0 N–H and O–H groups in total. The summed E-state index contributed by atoms with van der Waals surface area (Å²) in [6.07, 6.45) is -0.397. The molecule has 3 aromatic rings. The van der Waals surface area contributed by atoms with Gasteiger partial charge in [0.1, 0.15) is 6.10 Å². The summed E-state index contributed by atoms with van der Waals surface area (Å²) in [5, 5.41) is 1.75. The number of para-hydroxylation sites is 1. The first-order valence-corrected chi connectivity index (χ1v) is 9.10. The van der Waals surface area contributed by atoms with Crippen molar-refractivity contribution in [2.45, 2.75) is 16.8 Å². The average Bonchev–Trinajstić information content (AvgIpc) is 2.53. The summed E-state index contributed by atoms with van der Waals surface area (Å²) in [6.45, 7) is 1.85. The van der Waals surface area contributed by atoms with Crippen LogP contribution >= 0.6 is 58.0 Å². The highest BCUT2D eigenvalue weighted by Gasteiger charge is 2.29. The van der Waals surface area contributed by atoms with Gasteiger partial charge in [0.25, 0.3) is 0 Å². The third-order valence-electron chi connectivity index (χ3n) is 3.51. The highest BCUT2D eigenvalue weighted by atomic mass is 35.6. The van der Waals surface area contributed by atoms with Crippen LogP contribution in [0.1, 0.15) is 24.4 Å². The molecule has 0 spiro atoms. The Morgan fingerprint density at radius 2 is 1.72 bits per heavy atom. The van der Waals surface area contributed by atoms with Gasteiger partial charge in [0.15, 0.2) is 5.82 Å². The number of benzene rings is 2. The molecule has 0 aliphatic rings. The molecule has 25 heavy (non-hydrogen) atoms. The van der Waals surface area contributed by atoms with E-state index in [9.17, 15) is 0 Å². The molecule has 0 aliphatic carbocycles. The van der Waals surface area contributed by atoms with Gasteiger partial charge in [-0.25, -0.2) is 4.98 Å². The minimum atomic E-state index is -1.76. The third-order valence-corrected chi connectivity index (χ3v) is 4.58. The van der Waals surface area contributed by atoms with E-state index in [1.807, 2.05) is 25.1 Å². The van der Waals surface area contributed by atoms with Crippen LogP contribution in [0.4, 0.5) is 0 Å². The van der Waals surface area contributed by atoms with Crippen molar-refractivity contribution < 1.29 is 4.74 Å². The van der Waals surface area contributed by atoms with Crippen molar-refractivity contribution in [1.29, 1.82) is 0 Å². The maximum Gasteiger partial charge on any atom is 0.250 e. The van der Waals surface area contributed by atoms with Crippen molar-refractivity contribution in [3.8, 4) is 5.88 Å². The van der Waals surface area contributed by atoms with Crippen molar-refractivity contribution in [3.63, 3.8) is 0 Å². The van der Waals surface area contributed by atoms with Crippen LogP contribution in [-0.4, -0.2) is 9.97 Å². The first-order chi connectivity index (χ1) is 11.8. The van der Waals surface area contributed by atoms with Crippen LogP contribution in [0, 0.1) is 0 Å². The normalized spacial score (nSPS) is 13.0. The molecule has 1 atom stereocenters. The molecule has 0 fully saturated rings. The lowest BCUT2D eigenvalue weighted by molar-refractivity contribution is 0.220. The molecule has 2 aromatic carbocycles. The van der Waals surface area contributed by atoms with Crippen LogP contribution in [0.5, 0.6) is 5.88 Å². The van der Waals surface area contributed by atoms with Gasteiger partial charge in [-0.1, -0.05) is 76.2 Å². The first kappa shape index (κ1) is 18.8. The van der Waals surface area contributed by atoms with Crippen molar-refractivity contribution >= 4 is 68.9 Å². The number of hydrogen-bond acceptors (Lipinski definition) is 3. The van der Waals surface area contributed by atoms with Crippen LogP contribution in [0.25, 0.3) is 10.9 Å². The summed E-state index contributed by atoms with van der Waals surface area (Å²) < 4.78 is 4.26. The molecule has 0 saturated heterocycles. The number of nitrogens with zero attached hydrogens (tertiary/aromatic N) is 2. The fourth-order valence-corrected chi connectivity index (χ4v) is 3.14. The summed E-state index contributed by atoms with van der Waals surface area (Å²) >= 11 is 30.0. The second kappa shape index (κ2) is 7.34. The Kier molecular flexibility index (Phi) is 5.52. The molecule has 1 unspecified atom stereocenters. The number of alkyl halides is 3. The van der Waals surface area contributed by atoms with Gasteiger partial charge in [0.05, 0.1) is 10.9 Å². The summed E-state index contributed by atoms with van der Waals surface area (Å²) in [5.74, 6) is 0.353. The topological polar surface area (TPSA) is 35.0 Å². The molecule has 0 aliphatic heterocycles. The Morgan fingerprint density at radius 3 is 2.40 bits per heavy atom. The molecule has 3 rings (SSSR count). The maximum atomic E-state index is 6.25. The number of ether oxygens (including phenoxy) is 1. The van der Waals surface area contributed by atoms with E-state index in [2.05, 4.69) is 9.97 Å². The zero-order chi connectivity index (χ0) is 18.2. The SMILES string of the molecule is CC(Oc1nc(C(Cl)(Cl)Cl)nc2ccccc12)c1ccc(Cl)cc1Cl. The second-order valence-electron chi connectivity index (χ2n) is 5.29. The smallest absolute Gasteiger partial charge is 0.250 e. The monoisotopic (exact) mass is 434 g/mol. The molecule has 1 aromatic heterocycles. The van der Waals surface area contributed by atoms with E-state index in [0.29, 0.717) is 26.8 Å². The van der Waals surface area contributed by atoms with E-state index < -0.39 is 9.90 Å². The molecule has 0 amide bonds. The van der Waals surface area contributed by atoms with Crippen molar-refractivity contribution in [1.82, 2.24) is 9.97 Å². The van der Waals surface area contributed by atoms with Crippen LogP contribution in [0.3, 0.4) is 0 Å². The van der Waals surface area contributed by atoms with Gasteiger partial charge >= 0.3 is 0 Å². The predicted octanol–water partition coefficient (Wildman–Crippen LogP) is 6.90. The Hall–Kier alpha value is -0.970. The lowest BCUT2D eigenvalue weighted by atomic mass is 10.1. The minimum Gasteiger partial charge on any atom is -0.469 e. The molecule has 1 heterocycles. The van der Waals surface area contributed by atoms with Gasteiger partial charge in [0.2, 0.25) is 9.67 Å². The number of hydrogen-bond donors (Lipinski definition) is 0. The summed E-state index contributed by atoms with van der Waals surface area (Å²) in [6, 6.07) is 12.5. The van der Waals surface area contributed by atoms with Crippen molar-refractivity contribution in [2.75, 3.05) is 0 Å². The van der Waals surface area contributed by atoms with Gasteiger partial charge in [-0.15, -0.1) is 0 Å². The Bertz CT molecular complexity index is 927. The largest absolute Gasteiger partial charge is 0.469 e. The molecular formula is C17H11Cl5N2O. The quantitative estimate of drug-likeness (QED) is 0.419. The predicted molar refractivity (Wildman–Crippen MR) is 104 cm³/mol. The highest BCUT2D eigenvalue weighted by molar-refractivity contribution is 6.66. The summed E-state index contributed by atoms with van der Waals surface area (Å²) in [5.41, 5.74) is 1.38. The molecule has 130 valence electrons. The van der Waals surface area contributed by atoms with Gasteiger partial charge in [-0.3, -0.25) is 0 Å². The Morgan fingerprint density at radius 1 is 1.00 bits per heavy atom. The minimum absolute atomic E-state index is 0.0422. The summed E-state index contributed by atoms with van der Waals surface area (Å²) in [4.78, 5) is 8.57. The van der Waals surface area contributed by atoms with Crippen molar-refractivity contribution in [3.05, 3.63) is 63.9 Å². The first-order valence-electron chi connectivity index (χ1n) is 7.21. The van der Waals surface area contributed by atoms with E-state index in [1.54, 1.807) is 24.3 Å². The van der Waals surface area contributed by atoms with Crippen molar-refractivity contribution in [2.24, 2.45) is 0 Å². The lowest BCUT2D eigenvalue weighted by Crippen LogP contribution is -2.11. The Balaban J connectivity index is 2.05. The fraction of sp³-hybridized carbons (Fsp3) is 0.176. The zero-order valence-corrected chi connectivity index (χ0v) is 16.6. The van der Waals surface area contributed by atoms with Gasteiger partial charge < -0.3 is 4.74 Å². The number of aromatic nitrogens is 2. The molecule has 8 heteroatoms. The number of halogens is 5. The fourth-order valence-electron chi connectivity index (χ4n) is 2.33. The van der Waals surface area contributed by atoms with Crippen LogP contribution < -0.4 is 4.74 Å². The lowest BCUT2D eigenvalue weighted by Gasteiger charge is -2.19. The average molecular weight is 437 g/mol. The molecular weight excluding hydrogens is 425 g/mol. The van der Waals surface area contributed by atoms with Gasteiger partial charge in [0, 0.05) is 15.6 Å². The standard InChI is InChI=1S/C17H11Cl5N2O/c1-9(11-7-6-10(18)8-13(11)19)25-15-12-4-2-3-5-14(12)23-16(24-15)17(20,21)22/h2-9H,1H3. The van der Waals surface area contributed by atoms with E-state index in [0.717, 1.165) is 5.56 Å². The van der Waals surface area contributed by atoms with Crippen LogP contribution in [0.15, 0.2) is 42.5 Å². The zero-order valence-electron chi connectivity index (χ0n) is 12.8. The van der Waals surface area contributed by atoms with Crippen LogP contribution in [-0.2, 0) is 3.79 Å². The van der Waals surface area contributed by atoms with E-state index >= 15 is 0 Å². The summed E-state index contributed by atoms with van der Waals surface area (Å²) in [7, 11) is 0.